The number of rotatable bonds is 2. The molecule has 0 N–H and O–H groups in total. The minimum Gasteiger partial charge on any atom is -0.145 e. The van der Waals surface area contributed by atoms with E-state index in [1.54, 1.807) is 0 Å². The monoisotopic (exact) mass is 204 g/mol. The van der Waals surface area contributed by atoms with Gasteiger partial charge in [-0.3, -0.25) is 0 Å². The Balaban J connectivity index is 3.88. The molecule has 9 heavy (non-hydrogen) atoms. The van der Waals surface area contributed by atoms with Crippen LogP contribution in [-0.2, 0) is 0 Å². The van der Waals surface area contributed by atoms with Crippen LogP contribution in [0.25, 0.3) is 0 Å². The highest BCUT2D eigenvalue weighted by atomic mass is 35.7. The molecule has 0 aromatic heterocycles. The van der Waals surface area contributed by atoms with Crippen molar-refractivity contribution >= 4 is 40.5 Å². The summed E-state index contributed by atoms with van der Waals surface area (Å²) in [6, 6.07) is 0. The lowest BCUT2D eigenvalue weighted by Gasteiger charge is -2.20. The first-order valence-electron chi connectivity index (χ1n) is 2.87. The molecule has 1 unspecified atom stereocenters. The van der Waals surface area contributed by atoms with Gasteiger partial charge in [-0.1, -0.05) is 13.8 Å². The lowest BCUT2D eigenvalue weighted by molar-refractivity contribution is 0.700. The first kappa shape index (κ1) is 10.1. The van der Waals surface area contributed by atoms with E-state index in [-0.39, 0.29) is 5.00 Å². The number of hydrogen-bond acceptors (Lipinski definition) is 0. The molecule has 0 spiro atoms. The Bertz CT molecular complexity index is 86.7. The molecule has 0 rings (SSSR count). The lowest BCUT2D eigenvalue weighted by atomic mass is 10.3. The molecule has 0 saturated heterocycles. The third-order valence-electron chi connectivity index (χ3n) is 1.07. The zero-order valence-electron chi connectivity index (χ0n) is 5.79. The van der Waals surface area contributed by atoms with E-state index in [1.807, 2.05) is 20.4 Å². The molecule has 0 fully saturated rings. The molecule has 1 atom stereocenters. The summed E-state index contributed by atoms with van der Waals surface area (Å²) in [5.74, 6) is 0.373. The van der Waals surface area contributed by atoms with Gasteiger partial charge in [0.15, 0.2) is 0 Å². The van der Waals surface area contributed by atoms with E-state index >= 15 is 0 Å². The Morgan fingerprint density at radius 1 is 1.22 bits per heavy atom. The molecule has 0 amide bonds. The van der Waals surface area contributed by atoms with E-state index < -0.39 is 6.69 Å². The summed E-state index contributed by atoms with van der Waals surface area (Å²) >= 11 is 17.6. The summed E-state index contributed by atoms with van der Waals surface area (Å²) in [6.07, 6.45) is 0. The van der Waals surface area contributed by atoms with Crippen LogP contribution >= 0.6 is 33.8 Å². The van der Waals surface area contributed by atoms with Crippen LogP contribution < -0.4 is 0 Å². The third kappa shape index (κ3) is 3.71. The van der Waals surface area contributed by atoms with Crippen molar-refractivity contribution in [3.8, 4) is 0 Å². The predicted octanol–water partition coefficient (Wildman–Crippen LogP) is 3.34. The largest absolute Gasteiger partial charge is 0.265 e. The molecule has 0 aromatic carbocycles. The SMILES string of the molecule is CC(C)C(Cl)[Si](C)(Cl)Cl. The number of alkyl halides is 1. The first-order valence-corrected chi connectivity index (χ1v) is 7.91. The van der Waals surface area contributed by atoms with Gasteiger partial charge in [-0.25, -0.2) is 0 Å². The highest BCUT2D eigenvalue weighted by Crippen LogP contribution is 2.28. The Morgan fingerprint density at radius 3 is 1.56 bits per heavy atom. The fraction of sp³-hybridized carbons (Fsp3) is 1.00. The fourth-order valence-electron chi connectivity index (χ4n) is 0.585. The summed E-state index contributed by atoms with van der Waals surface area (Å²) in [5.41, 5.74) is 0. The molecule has 0 aromatic rings. The van der Waals surface area contributed by atoms with Crippen LogP contribution in [0.5, 0.6) is 0 Å². The van der Waals surface area contributed by atoms with Crippen LogP contribution in [-0.4, -0.2) is 11.7 Å². The molecule has 4 heteroatoms. The van der Waals surface area contributed by atoms with Crippen molar-refractivity contribution in [2.24, 2.45) is 5.92 Å². The van der Waals surface area contributed by atoms with Crippen molar-refractivity contribution in [1.82, 2.24) is 0 Å². The maximum absolute atomic E-state index is 5.89. The molecule has 0 saturated carbocycles. The van der Waals surface area contributed by atoms with Gasteiger partial charge in [-0.15, -0.1) is 33.8 Å². The summed E-state index contributed by atoms with van der Waals surface area (Å²) < 4.78 is 0. The quantitative estimate of drug-likeness (QED) is 0.369. The number of hydrogen-bond donors (Lipinski definition) is 0. The Kier molecular flexibility index (Phi) is 3.89. The van der Waals surface area contributed by atoms with Gasteiger partial charge < -0.3 is 0 Å². The highest BCUT2D eigenvalue weighted by Gasteiger charge is 2.33. The van der Waals surface area contributed by atoms with Crippen LogP contribution in [0.15, 0.2) is 0 Å². The molecule has 56 valence electrons. The molecule has 0 bridgehead atoms. The van der Waals surface area contributed by atoms with E-state index in [4.69, 9.17) is 33.8 Å². The maximum atomic E-state index is 5.89. The third-order valence-corrected chi connectivity index (χ3v) is 6.60. The molecule has 0 aliphatic heterocycles. The van der Waals surface area contributed by atoms with Crippen molar-refractivity contribution in [1.29, 1.82) is 0 Å². The zero-order chi connectivity index (χ0) is 7.65. The second-order valence-electron chi connectivity index (χ2n) is 2.60. The Morgan fingerprint density at radius 2 is 1.56 bits per heavy atom. The van der Waals surface area contributed by atoms with E-state index in [0.717, 1.165) is 0 Å². The van der Waals surface area contributed by atoms with Crippen LogP contribution in [0.1, 0.15) is 13.8 Å². The van der Waals surface area contributed by atoms with Gasteiger partial charge in [0.1, 0.15) is 0 Å². The van der Waals surface area contributed by atoms with Gasteiger partial charge in [0, 0.05) is 0 Å². The fourth-order valence-corrected chi connectivity index (χ4v) is 3.27. The average Bonchev–Trinajstić information content (AvgIpc) is 1.62. The number of halogens is 3. The van der Waals surface area contributed by atoms with Crippen molar-refractivity contribution < 1.29 is 0 Å². The second kappa shape index (κ2) is 3.47. The summed E-state index contributed by atoms with van der Waals surface area (Å²) in [6.45, 7) is 3.77. The smallest absolute Gasteiger partial charge is 0.145 e. The molecular weight excluding hydrogens is 194 g/mol. The van der Waals surface area contributed by atoms with Gasteiger partial charge >= 0.3 is 0 Å². The zero-order valence-corrected chi connectivity index (χ0v) is 9.06. The van der Waals surface area contributed by atoms with Crippen molar-refractivity contribution in [3.63, 3.8) is 0 Å². The second-order valence-corrected chi connectivity index (χ2v) is 11.3. The van der Waals surface area contributed by atoms with Gasteiger partial charge in [-0.05, 0) is 12.5 Å². The Labute approximate surface area is 71.9 Å². The topological polar surface area (TPSA) is 0 Å². The van der Waals surface area contributed by atoms with Crippen LogP contribution in [0.2, 0.25) is 6.55 Å². The average molecular weight is 206 g/mol. The van der Waals surface area contributed by atoms with E-state index in [0.29, 0.717) is 5.92 Å². The van der Waals surface area contributed by atoms with Crippen molar-refractivity contribution in [2.75, 3.05) is 0 Å². The normalized spacial score (nSPS) is 16.3. The molecule has 0 aliphatic carbocycles. The summed E-state index contributed by atoms with van der Waals surface area (Å²) in [7, 11) is 0. The first-order chi connectivity index (χ1) is 3.85. The molecule has 0 nitrogen and oxygen atoms in total. The molecular formula is C5H11Cl3Si. The van der Waals surface area contributed by atoms with E-state index in [2.05, 4.69) is 0 Å². The standard InChI is InChI=1S/C5H11Cl3Si/c1-4(2)5(6)9(3,7)8/h4-5H,1-3H3. The van der Waals surface area contributed by atoms with E-state index in [1.165, 1.54) is 0 Å². The lowest BCUT2D eigenvalue weighted by Crippen LogP contribution is -2.32. The minimum atomic E-state index is -2.11. The van der Waals surface area contributed by atoms with Crippen LogP contribution in [0.4, 0.5) is 0 Å². The maximum Gasteiger partial charge on any atom is 0.265 e. The summed E-state index contributed by atoms with van der Waals surface area (Å²) in [4.78, 5) is 0. The minimum absolute atomic E-state index is 0.0409. The molecule has 0 radical (unpaired) electrons. The highest BCUT2D eigenvalue weighted by molar-refractivity contribution is 7.46. The summed E-state index contributed by atoms with van der Waals surface area (Å²) in [5, 5.41) is -0.0409. The van der Waals surface area contributed by atoms with Crippen LogP contribution in [0.3, 0.4) is 0 Å². The van der Waals surface area contributed by atoms with Crippen molar-refractivity contribution in [2.45, 2.75) is 25.4 Å². The Hall–Kier alpha value is 1.09. The van der Waals surface area contributed by atoms with Gasteiger partial charge in [0.25, 0.3) is 6.69 Å². The van der Waals surface area contributed by atoms with Gasteiger partial charge in [0.05, 0.1) is 5.00 Å². The van der Waals surface area contributed by atoms with Gasteiger partial charge in [-0.2, -0.15) is 0 Å². The predicted molar refractivity (Wildman–Crippen MR) is 47.8 cm³/mol. The van der Waals surface area contributed by atoms with Gasteiger partial charge in [0.2, 0.25) is 0 Å². The molecule has 0 heterocycles. The van der Waals surface area contributed by atoms with E-state index in [9.17, 15) is 0 Å². The van der Waals surface area contributed by atoms with Crippen LogP contribution in [0, 0.1) is 5.92 Å². The molecule has 0 aliphatic rings. The van der Waals surface area contributed by atoms with Crippen molar-refractivity contribution in [3.05, 3.63) is 0 Å².